The van der Waals surface area contributed by atoms with Gasteiger partial charge in [0, 0.05) is 23.8 Å². The molecule has 1 saturated heterocycles. The van der Waals surface area contributed by atoms with E-state index in [-0.39, 0.29) is 5.91 Å². The van der Waals surface area contributed by atoms with Crippen LogP contribution in [-0.4, -0.2) is 42.1 Å². The number of rotatable bonds is 1. The fraction of sp³-hybridized carbons (Fsp3) is 0.385. The van der Waals surface area contributed by atoms with Gasteiger partial charge in [-0.05, 0) is 24.6 Å². The molecule has 6 heteroatoms. The summed E-state index contributed by atoms with van der Waals surface area (Å²) in [4.78, 5) is 14.2. The third-order valence-corrected chi connectivity index (χ3v) is 3.86. The third-order valence-electron chi connectivity index (χ3n) is 3.01. The van der Waals surface area contributed by atoms with E-state index in [0.29, 0.717) is 42.0 Å². The molecule has 19 heavy (non-hydrogen) atoms. The lowest BCUT2D eigenvalue weighted by Crippen LogP contribution is -2.44. The molecule has 1 amide bonds. The lowest BCUT2D eigenvalue weighted by atomic mass is 10.2. The van der Waals surface area contributed by atoms with Crippen molar-refractivity contribution in [3.05, 3.63) is 28.8 Å². The Morgan fingerprint density at radius 2 is 2.11 bits per heavy atom. The quantitative estimate of drug-likeness (QED) is 0.808. The number of ether oxygens (including phenoxy) is 1. The minimum Gasteiger partial charge on any atom is -0.378 e. The van der Waals surface area contributed by atoms with Crippen LogP contribution in [0.3, 0.4) is 0 Å². The van der Waals surface area contributed by atoms with Gasteiger partial charge >= 0.3 is 0 Å². The van der Waals surface area contributed by atoms with Crippen molar-refractivity contribution in [2.75, 3.05) is 31.6 Å². The first-order valence-electron chi connectivity index (χ1n) is 6.02. The number of halogens is 1. The van der Waals surface area contributed by atoms with Gasteiger partial charge in [-0.1, -0.05) is 29.9 Å². The highest BCUT2D eigenvalue weighted by molar-refractivity contribution is 7.82. The number of carbonyl (C=O) groups is 1. The zero-order chi connectivity index (χ0) is 13.8. The van der Waals surface area contributed by atoms with Gasteiger partial charge in [-0.25, -0.2) is 0 Å². The van der Waals surface area contributed by atoms with Crippen molar-refractivity contribution in [3.63, 3.8) is 0 Å². The number of carbonyl (C=O) groups excluding carboxylic acids is 1. The predicted molar refractivity (Wildman–Crippen MR) is 79.8 cm³/mol. The van der Waals surface area contributed by atoms with Crippen LogP contribution in [0.4, 0.5) is 5.69 Å². The van der Waals surface area contributed by atoms with Gasteiger partial charge in [0.1, 0.15) is 0 Å². The first kappa shape index (κ1) is 14.2. The molecule has 1 fully saturated rings. The Bertz CT molecular complexity index is 501. The molecule has 0 unspecified atom stereocenters. The average molecular weight is 299 g/mol. The molecule has 0 aliphatic carbocycles. The number of thiocarbonyl (C=S) groups is 1. The molecule has 0 saturated carbocycles. The number of hydrogen-bond donors (Lipinski definition) is 1. The maximum Gasteiger partial charge on any atom is 0.283 e. The van der Waals surface area contributed by atoms with E-state index < -0.39 is 0 Å². The van der Waals surface area contributed by atoms with Crippen molar-refractivity contribution in [2.24, 2.45) is 0 Å². The number of morpholine rings is 1. The molecule has 4 nitrogen and oxygen atoms in total. The largest absolute Gasteiger partial charge is 0.378 e. The van der Waals surface area contributed by atoms with Crippen LogP contribution >= 0.6 is 23.8 Å². The second kappa shape index (κ2) is 6.32. The third kappa shape index (κ3) is 3.43. The van der Waals surface area contributed by atoms with E-state index >= 15 is 0 Å². The molecule has 0 bridgehead atoms. The molecule has 102 valence electrons. The van der Waals surface area contributed by atoms with E-state index in [9.17, 15) is 4.79 Å². The highest BCUT2D eigenvalue weighted by Crippen LogP contribution is 2.23. The summed E-state index contributed by atoms with van der Waals surface area (Å²) < 4.78 is 5.23. The second-order valence-corrected chi connectivity index (χ2v) is 5.06. The summed E-state index contributed by atoms with van der Waals surface area (Å²) in [5, 5.41) is 3.42. The first-order chi connectivity index (χ1) is 9.09. The Morgan fingerprint density at radius 1 is 1.42 bits per heavy atom. The van der Waals surface area contributed by atoms with Gasteiger partial charge in [0.25, 0.3) is 5.91 Å². The van der Waals surface area contributed by atoms with Crippen molar-refractivity contribution in [1.82, 2.24) is 4.90 Å². The van der Waals surface area contributed by atoms with E-state index in [1.54, 1.807) is 18.2 Å². The maximum atomic E-state index is 12.1. The summed E-state index contributed by atoms with van der Waals surface area (Å²) in [6.07, 6.45) is 0. The van der Waals surface area contributed by atoms with E-state index in [0.717, 1.165) is 5.56 Å². The summed E-state index contributed by atoms with van der Waals surface area (Å²) in [5.74, 6) is -0.276. The Hall–Kier alpha value is -1.17. The molecule has 0 radical (unpaired) electrons. The van der Waals surface area contributed by atoms with Gasteiger partial charge in [0.05, 0.1) is 13.2 Å². The van der Waals surface area contributed by atoms with Crippen LogP contribution in [0.5, 0.6) is 0 Å². The zero-order valence-electron chi connectivity index (χ0n) is 10.6. The fourth-order valence-corrected chi connectivity index (χ4v) is 2.24. The molecule has 0 spiro atoms. The molecule has 1 aromatic rings. The SMILES string of the molecule is Cc1c(Cl)cccc1NC(=O)C(=S)N1CCOCC1. The van der Waals surface area contributed by atoms with Gasteiger partial charge in [-0.15, -0.1) is 0 Å². The Kier molecular flexibility index (Phi) is 4.74. The Labute approximate surface area is 122 Å². The number of hydrogen-bond acceptors (Lipinski definition) is 3. The van der Waals surface area contributed by atoms with Crippen LogP contribution in [0.2, 0.25) is 5.02 Å². The minimum atomic E-state index is -0.276. The highest BCUT2D eigenvalue weighted by atomic mass is 35.5. The molecule has 0 aromatic heterocycles. The fourth-order valence-electron chi connectivity index (χ4n) is 1.83. The molecule has 0 atom stereocenters. The van der Waals surface area contributed by atoms with Crippen LogP contribution in [0.15, 0.2) is 18.2 Å². The number of amides is 1. The molecule has 1 heterocycles. The summed E-state index contributed by atoms with van der Waals surface area (Å²) in [7, 11) is 0. The smallest absolute Gasteiger partial charge is 0.283 e. The summed E-state index contributed by atoms with van der Waals surface area (Å²) in [5.41, 5.74) is 1.52. The Balaban J connectivity index is 2.04. The molecular weight excluding hydrogens is 284 g/mol. The van der Waals surface area contributed by atoms with Gasteiger partial charge in [-0.2, -0.15) is 0 Å². The van der Waals surface area contributed by atoms with Crippen molar-refractivity contribution in [3.8, 4) is 0 Å². The average Bonchev–Trinajstić information content (AvgIpc) is 2.44. The number of anilines is 1. The number of benzene rings is 1. The van der Waals surface area contributed by atoms with Gasteiger partial charge in [-0.3, -0.25) is 4.79 Å². The number of nitrogens with zero attached hydrogens (tertiary/aromatic N) is 1. The molecular formula is C13H15ClN2O2S. The molecule has 1 aromatic carbocycles. The van der Waals surface area contributed by atoms with Crippen LogP contribution in [-0.2, 0) is 9.53 Å². The standard InChI is InChI=1S/C13H15ClN2O2S/c1-9-10(14)3-2-4-11(9)15-12(17)13(19)16-5-7-18-8-6-16/h2-4H,5-8H2,1H3,(H,15,17). The van der Waals surface area contributed by atoms with Gasteiger partial charge in [0.15, 0.2) is 4.99 Å². The lowest BCUT2D eigenvalue weighted by molar-refractivity contribution is -0.111. The first-order valence-corrected chi connectivity index (χ1v) is 6.81. The summed E-state index contributed by atoms with van der Waals surface area (Å²) in [6, 6.07) is 5.39. The van der Waals surface area contributed by atoms with Gasteiger partial charge < -0.3 is 15.0 Å². The maximum absolute atomic E-state index is 12.1. The van der Waals surface area contributed by atoms with Crippen molar-refractivity contribution in [1.29, 1.82) is 0 Å². The topological polar surface area (TPSA) is 41.6 Å². The second-order valence-electron chi connectivity index (χ2n) is 4.27. The van der Waals surface area contributed by atoms with E-state index in [2.05, 4.69) is 5.32 Å². The Morgan fingerprint density at radius 3 is 2.79 bits per heavy atom. The zero-order valence-corrected chi connectivity index (χ0v) is 12.2. The molecule has 1 aliphatic rings. The van der Waals surface area contributed by atoms with Gasteiger partial charge in [0.2, 0.25) is 0 Å². The normalized spacial score (nSPS) is 15.2. The predicted octanol–water partition coefficient (Wildman–Crippen LogP) is 2.25. The van der Waals surface area contributed by atoms with Crippen molar-refractivity contribution < 1.29 is 9.53 Å². The molecule has 2 rings (SSSR count). The van der Waals surface area contributed by atoms with Crippen LogP contribution < -0.4 is 5.32 Å². The van der Waals surface area contributed by atoms with E-state index in [4.69, 9.17) is 28.6 Å². The van der Waals surface area contributed by atoms with Crippen LogP contribution in [0.1, 0.15) is 5.56 Å². The minimum absolute atomic E-state index is 0.276. The molecule has 1 N–H and O–H groups in total. The van der Waals surface area contributed by atoms with E-state index in [1.807, 2.05) is 11.8 Å². The highest BCUT2D eigenvalue weighted by Gasteiger charge is 2.20. The van der Waals surface area contributed by atoms with Crippen LogP contribution in [0.25, 0.3) is 0 Å². The number of nitrogens with one attached hydrogen (secondary N) is 1. The molecule has 1 aliphatic heterocycles. The monoisotopic (exact) mass is 298 g/mol. The van der Waals surface area contributed by atoms with Crippen molar-refractivity contribution >= 4 is 40.4 Å². The van der Waals surface area contributed by atoms with Crippen molar-refractivity contribution in [2.45, 2.75) is 6.92 Å². The summed E-state index contributed by atoms with van der Waals surface area (Å²) in [6.45, 7) is 4.37. The lowest BCUT2D eigenvalue weighted by Gasteiger charge is -2.28. The van der Waals surface area contributed by atoms with Crippen LogP contribution in [0, 0.1) is 6.92 Å². The summed E-state index contributed by atoms with van der Waals surface area (Å²) >= 11 is 11.2. The van der Waals surface area contributed by atoms with E-state index in [1.165, 1.54) is 0 Å².